The summed E-state index contributed by atoms with van der Waals surface area (Å²) in [7, 11) is 0. The van der Waals surface area contributed by atoms with E-state index in [-0.39, 0.29) is 5.56 Å². The van der Waals surface area contributed by atoms with Gasteiger partial charge in [-0.3, -0.25) is 4.79 Å². The Morgan fingerprint density at radius 1 is 1.47 bits per heavy atom. The van der Waals surface area contributed by atoms with E-state index in [0.29, 0.717) is 11.9 Å². The number of nitrogens with one attached hydrogen (secondary N) is 2. The minimum Gasteiger partial charge on any atom is -0.366 e. The lowest BCUT2D eigenvalue weighted by molar-refractivity contribution is 0.223. The highest BCUT2D eigenvalue weighted by molar-refractivity contribution is 5.32. The van der Waals surface area contributed by atoms with Crippen LogP contribution in [-0.2, 0) is 0 Å². The summed E-state index contributed by atoms with van der Waals surface area (Å²) in [5.74, 6) is 0.651. The first-order chi connectivity index (χ1) is 8.24. The van der Waals surface area contributed by atoms with Gasteiger partial charge in [-0.15, -0.1) is 0 Å². The molecule has 0 saturated carbocycles. The van der Waals surface area contributed by atoms with Crippen molar-refractivity contribution in [2.24, 2.45) is 0 Å². The Hall–Kier alpha value is -1.36. The fourth-order valence-corrected chi connectivity index (χ4v) is 2.27. The third-order valence-corrected chi connectivity index (χ3v) is 3.05. The molecule has 1 fully saturated rings. The van der Waals surface area contributed by atoms with Crippen molar-refractivity contribution in [2.75, 3.05) is 25.0 Å². The summed E-state index contributed by atoms with van der Waals surface area (Å²) in [5, 5.41) is 3.26. The average molecular weight is 236 g/mol. The van der Waals surface area contributed by atoms with E-state index >= 15 is 0 Å². The molecular formula is C12H20N4O. The van der Waals surface area contributed by atoms with Gasteiger partial charge < -0.3 is 15.2 Å². The fourth-order valence-electron chi connectivity index (χ4n) is 2.27. The van der Waals surface area contributed by atoms with Crippen molar-refractivity contribution in [3.63, 3.8) is 0 Å². The first-order valence-corrected chi connectivity index (χ1v) is 6.27. The van der Waals surface area contributed by atoms with Crippen LogP contribution in [-0.4, -0.2) is 40.5 Å². The molecule has 94 valence electrons. The lowest BCUT2D eigenvalue weighted by Gasteiger charge is -2.29. The maximum absolute atomic E-state index is 11.1. The molecule has 1 aliphatic rings. The van der Waals surface area contributed by atoms with Crippen molar-refractivity contribution in [3.05, 3.63) is 22.7 Å². The number of piperidine rings is 1. The summed E-state index contributed by atoms with van der Waals surface area (Å²) in [4.78, 5) is 20.2. The largest absolute Gasteiger partial charge is 0.366 e. The molecule has 1 aromatic heterocycles. The number of hydrogen-bond acceptors (Lipinski definition) is 4. The summed E-state index contributed by atoms with van der Waals surface area (Å²) >= 11 is 0. The molecule has 1 aliphatic heterocycles. The normalized spacial score (nSPS) is 18.9. The van der Waals surface area contributed by atoms with Gasteiger partial charge in [-0.1, -0.05) is 6.42 Å². The van der Waals surface area contributed by atoms with Gasteiger partial charge in [-0.05, 0) is 32.9 Å². The number of H-pyrrole nitrogens is 1. The number of rotatable bonds is 4. The number of nitrogens with zero attached hydrogens (tertiary/aromatic N) is 2. The minimum absolute atomic E-state index is 0.118. The third-order valence-electron chi connectivity index (χ3n) is 3.05. The maximum atomic E-state index is 11.1. The van der Waals surface area contributed by atoms with Gasteiger partial charge in [-0.25, -0.2) is 4.98 Å². The van der Waals surface area contributed by atoms with Gasteiger partial charge in [0.15, 0.2) is 0 Å². The molecule has 0 radical (unpaired) electrons. The fraction of sp³-hybridized carbons (Fsp3) is 0.667. The van der Waals surface area contributed by atoms with E-state index in [1.807, 2.05) is 0 Å². The average Bonchev–Trinajstić information content (AvgIpc) is 2.30. The molecule has 2 heterocycles. The molecule has 0 bridgehead atoms. The van der Waals surface area contributed by atoms with Gasteiger partial charge in [0, 0.05) is 18.7 Å². The van der Waals surface area contributed by atoms with E-state index in [1.165, 1.54) is 44.7 Å². The van der Waals surface area contributed by atoms with Gasteiger partial charge in [0.1, 0.15) is 5.82 Å². The van der Waals surface area contributed by atoms with Crippen molar-refractivity contribution >= 4 is 5.82 Å². The molecule has 2 rings (SSSR count). The van der Waals surface area contributed by atoms with Crippen molar-refractivity contribution < 1.29 is 0 Å². The Morgan fingerprint density at radius 3 is 2.94 bits per heavy atom. The highest BCUT2D eigenvalue weighted by atomic mass is 16.1. The molecule has 0 aromatic carbocycles. The molecule has 1 unspecified atom stereocenters. The number of aromatic nitrogens is 2. The van der Waals surface area contributed by atoms with Crippen molar-refractivity contribution in [1.82, 2.24) is 14.9 Å². The highest BCUT2D eigenvalue weighted by Gasteiger charge is 2.13. The molecule has 17 heavy (non-hydrogen) atoms. The molecule has 5 heteroatoms. The van der Waals surface area contributed by atoms with Crippen LogP contribution in [0.15, 0.2) is 17.2 Å². The van der Waals surface area contributed by atoms with Gasteiger partial charge in [-0.2, -0.15) is 0 Å². The summed E-state index contributed by atoms with van der Waals surface area (Å²) in [6, 6.07) is 1.80. The van der Waals surface area contributed by atoms with E-state index in [1.54, 1.807) is 0 Å². The maximum Gasteiger partial charge on any atom is 0.252 e. The molecule has 5 nitrogen and oxygen atoms in total. The molecule has 0 spiro atoms. The van der Waals surface area contributed by atoms with Crippen LogP contribution >= 0.6 is 0 Å². The number of likely N-dealkylation sites (tertiary alicyclic amines) is 1. The quantitative estimate of drug-likeness (QED) is 0.820. The molecule has 0 aliphatic carbocycles. The summed E-state index contributed by atoms with van der Waals surface area (Å²) in [5.41, 5.74) is -0.118. The van der Waals surface area contributed by atoms with Crippen LogP contribution in [0.2, 0.25) is 0 Å². The van der Waals surface area contributed by atoms with Crippen LogP contribution in [0.25, 0.3) is 0 Å². The monoisotopic (exact) mass is 236 g/mol. The first-order valence-electron chi connectivity index (χ1n) is 6.27. The predicted molar refractivity (Wildman–Crippen MR) is 68.2 cm³/mol. The Bertz CT molecular complexity index is 397. The zero-order chi connectivity index (χ0) is 12.1. The minimum atomic E-state index is -0.118. The molecule has 1 aromatic rings. The standard InChI is InChI=1S/C12H20N4O/c1-10(8-16-5-3-2-4-6-16)15-11-7-12(17)14-9-13-11/h7,9-10H,2-6,8H2,1H3,(H2,13,14,15,17). The second kappa shape index (κ2) is 5.82. The van der Waals surface area contributed by atoms with E-state index in [4.69, 9.17) is 0 Å². The Balaban J connectivity index is 1.84. The molecule has 1 saturated heterocycles. The summed E-state index contributed by atoms with van der Waals surface area (Å²) < 4.78 is 0. The smallest absolute Gasteiger partial charge is 0.252 e. The van der Waals surface area contributed by atoms with Crippen molar-refractivity contribution in [1.29, 1.82) is 0 Å². The summed E-state index contributed by atoms with van der Waals surface area (Å²) in [6.07, 6.45) is 5.39. The number of aromatic amines is 1. The Morgan fingerprint density at radius 2 is 2.24 bits per heavy atom. The van der Waals surface area contributed by atoms with Gasteiger partial charge in [0.05, 0.1) is 6.33 Å². The van der Waals surface area contributed by atoms with Crippen molar-refractivity contribution in [3.8, 4) is 0 Å². The zero-order valence-corrected chi connectivity index (χ0v) is 10.3. The molecule has 2 N–H and O–H groups in total. The lowest BCUT2D eigenvalue weighted by Crippen LogP contribution is -2.38. The zero-order valence-electron chi connectivity index (χ0n) is 10.3. The van der Waals surface area contributed by atoms with Crippen LogP contribution in [0.4, 0.5) is 5.82 Å². The summed E-state index contributed by atoms with van der Waals surface area (Å²) in [6.45, 7) is 5.51. The van der Waals surface area contributed by atoms with E-state index < -0.39 is 0 Å². The Kier molecular flexibility index (Phi) is 4.14. The first kappa shape index (κ1) is 12.1. The van der Waals surface area contributed by atoms with Crippen LogP contribution in [0.3, 0.4) is 0 Å². The van der Waals surface area contributed by atoms with Gasteiger partial charge >= 0.3 is 0 Å². The topological polar surface area (TPSA) is 61.0 Å². The van der Waals surface area contributed by atoms with Crippen molar-refractivity contribution in [2.45, 2.75) is 32.2 Å². The second-order valence-electron chi connectivity index (χ2n) is 4.70. The van der Waals surface area contributed by atoms with E-state index in [2.05, 4.69) is 27.1 Å². The van der Waals surface area contributed by atoms with Gasteiger partial charge in [0.2, 0.25) is 0 Å². The predicted octanol–water partition coefficient (Wildman–Crippen LogP) is 1.06. The van der Waals surface area contributed by atoms with Crippen LogP contribution in [0, 0.1) is 0 Å². The number of hydrogen-bond donors (Lipinski definition) is 2. The molecule has 0 amide bonds. The molecular weight excluding hydrogens is 216 g/mol. The Labute approximate surface area is 101 Å². The van der Waals surface area contributed by atoms with Crippen LogP contribution in [0.5, 0.6) is 0 Å². The van der Waals surface area contributed by atoms with E-state index in [9.17, 15) is 4.79 Å². The third kappa shape index (κ3) is 3.85. The second-order valence-corrected chi connectivity index (χ2v) is 4.70. The van der Waals surface area contributed by atoms with Gasteiger partial charge in [0.25, 0.3) is 5.56 Å². The SMILES string of the molecule is CC(CN1CCCCC1)Nc1cc(=O)[nH]cn1. The van der Waals surface area contributed by atoms with Crippen LogP contribution < -0.4 is 10.9 Å². The lowest BCUT2D eigenvalue weighted by atomic mass is 10.1. The van der Waals surface area contributed by atoms with Crippen LogP contribution in [0.1, 0.15) is 26.2 Å². The van der Waals surface area contributed by atoms with E-state index in [0.717, 1.165) is 6.54 Å². The number of anilines is 1. The molecule has 1 atom stereocenters. The highest BCUT2D eigenvalue weighted by Crippen LogP contribution is 2.10.